The van der Waals surface area contributed by atoms with Gasteiger partial charge in [0.05, 0.1) is 28.9 Å². The summed E-state index contributed by atoms with van der Waals surface area (Å²) in [6, 6.07) is 8.00. The molecule has 0 spiro atoms. The predicted octanol–water partition coefficient (Wildman–Crippen LogP) is 5.06. The van der Waals surface area contributed by atoms with E-state index in [2.05, 4.69) is 56.0 Å². The molecule has 1 aromatic carbocycles. The van der Waals surface area contributed by atoms with Crippen LogP contribution < -0.4 is 5.32 Å². The van der Waals surface area contributed by atoms with Gasteiger partial charge in [-0.15, -0.1) is 0 Å². The topological polar surface area (TPSA) is 104 Å². The highest BCUT2D eigenvalue weighted by Gasteiger charge is 2.29. The number of pyridine rings is 1. The molecule has 3 aromatic heterocycles. The quantitative estimate of drug-likeness (QED) is 0.285. The van der Waals surface area contributed by atoms with Gasteiger partial charge in [-0.2, -0.15) is 5.10 Å². The SMILES string of the molecule is Cc1cc(C(=O)Nc2nc3ccc(C4CCN(CCN(C)C)CC4)cc3n2[C@H]2CC[C@@H](O)CC2)c(F)c(-c2cnn(C)c2C)n1. The molecule has 45 heavy (non-hydrogen) atoms. The number of nitrogens with one attached hydrogen (secondary N) is 1. The van der Waals surface area contributed by atoms with Gasteiger partial charge in [-0.3, -0.25) is 14.8 Å². The summed E-state index contributed by atoms with van der Waals surface area (Å²) in [4.78, 5) is 27.8. The first-order chi connectivity index (χ1) is 21.6. The van der Waals surface area contributed by atoms with Gasteiger partial charge >= 0.3 is 0 Å². The van der Waals surface area contributed by atoms with E-state index in [9.17, 15) is 9.90 Å². The van der Waals surface area contributed by atoms with E-state index in [1.807, 2.05) is 13.0 Å². The Bertz CT molecular complexity index is 1680. The molecule has 4 aromatic rings. The Morgan fingerprint density at radius 2 is 1.80 bits per heavy atom. The van der Waals surface area contributed by atoms with Crippen LogP contribution in [0.4, 0.5) is 10.3 Å². The standard InChI is InChI=1S/C34H45FN8O2/c1-21-18-27(31(35)32(37-21)28-20-36-41(5)22(28)2)33(45)39-34-38-29-11-6-24(23-12-14-42(15-13-23)17-16-40(3)4)19-30(29)43(34)25-7-9-26(44)10-8-25/h6,11,18-20,23,25-26,44H,7-10,12-17H2,1-5H3,(H,38,39,45)/t25-,26+. The molecule has 1 aliphatic carbocycles. The molecule has 0 unspecified atom stereocenters. The fourth-order valence-electron chi connectivity index (χ4n) is 6.87. The molecule has 11 heteroatoms. The van der Waals surface area contributed by atoms with Crippen LogP contribution in [0.25, 0.3) is 22.3 Å². The Morgan fingerprint density at radius 1 is 1.07 bits per heavy atom. The fraction of sp³-hybridized carbons (Fsp3) is 0.529. The molecule has 1 saturated heterocycles. The van der Waals surface area contributed by atoms with Crippen molar-refractivity contribution in [3.8, 4) is 11.3 Å². The molecule has 0 bridgehead atoms. The summed E-state index contributed by atoms with van der Waals surface area (Å²) >= 11 is 0. The van der Waals surface area contributed by atoms with Crippen LogP contribution in [-0.4, -0.2) is 91.5 Å². The van der Waals surface area contributed by atoms with Gasteiger partial charge in [0.2, 0.25) is 5.95 Å². The van der Waals surface area contributed by atoms with Crippen LogP contribution in [0.15, 0.2) is 30.5 Å². The number of aryl methyl sites for hydroxylation is 2. The van der Waals surface area contributed by atoms with Gasteiger partial charge < -0.3 is 19.5 Å². The van der Waals surface area contributed by atoms with E-state index in [1.54, 1.807) is 24.9 Å². The molecule has 1 amide bonds. The van der Waals surface area contributed by atoms with Crippen molar-refractivity contribution in [3.63, 3.8) is 0 Å². The maximum absolute atomic E-state index is 15.9. The van der Waals surface area contributed by atoms with Crippen LogP contribution in [0, 0.1) is 19.7 Å². The number of halogens is 1. The van der Waals surface area contributed by atoms with Crippen molar-refractivity contribution in [2.45, 2.75) is 70.4 Å². The van der Waals surface area contributed by atoms with E-state index in [0.717, 1.165) is 68.6 Å². The predicted molar refractivity (Wildman–Crippen MR) is 174 cm³/mol. The number of piperidine rings is 1. The molecule has 4 heterocycles. The Morgan fingerprint density at radius 3 is 2.47 bits per heavy atom. The van der Waals surface area contributed by atoms with Crippen molar-refractivity contribution in [1.29, 1.82) is 0 Å². The lowest BCUT2D eigenvalue weighted by molar-refractivity contribution is 0.101. The van der Waals surface area contributed by atoms with Crippen molar-refractivity contribution in [2.75, 3.05) is 45.6 Å². The molecule has 240 valence electrons. The minimum Gasteiger partial charge on any atom is -0.393 e. The second-order valence-electron chi connectivity index (χ2n) is 13.1. The molecule has 10 nitrogen and oxygen atoms in total. The summed E-state index contributed by atoms with van der Waals surface area (Å²) in [5.41, 5.74) is 4.92. The minimum absolute atomic E-state index is 0.0643. The third kappa shape index (κ3) is 6.52. The number of nitrogens with zero attached hydrogens (tertiary/aromatic N) is 7. The maximum atomic E-state index is 15.9. The number of carbonyl (C=O) groups excluding carboxylic acids is 1. The van der Waals surface area contributed by atoms with Crippen LogP contribution >= 0.6 is 0 Å². The first-order valence-electron chi connectivity index (χ1n) is 16.1. The fourth-order valence-corrected chi connectivity index (χ4v) is 6.87. The molecule has 0 atom stereocenters. The number of likely N-dealkylation sites (N-methyl/N-ethyl adjacent to an activating group) is 1. The molecule has 1 saturated carbocycles. The van der Waals surface area contributed by atoms with Gasteiger partial charge in [0.15, 0.2) is 5.82 Å². The van der Waals surface area contributed by atoms with Gasteiger partial charge in [0, 0.05) is 43.1 Å². The summed E-state index contributed by atoms with van der Waals surface area (Å²) in [6.45, 7) is 7.90. The van der Waals surface area contributed by atoms with Gasteiger partial charge in [-0.1, -0.05) is 6.07 Å². The average molecular weight is 617 g/mol. The minimum atomic E-state index is -0.683. The second kappa shape index (κ2) is 13.0. The Hall–Kier alpha value is -3.67. The second-order valence-corrected chi connectivity index (χ2v) is 13.1. The van der Waals surface area contributed by atoms with Crippen molar-refractivity contribution >= 4 is 22.9 Å². The smallest absolute Gasteiger partial charge is 0.261 e. The molecule has 0 radical (unpaired) electrons. The number of imidazole rings is 1. The number of carbonyl (C=O) groups is 1. The Balaban J connectivity index is 1.31. The number of benzene rings is 1. The van der Waals surface area contributed by atoms with Gasteiger partial charge in [-0.25, -0.2) is 14.4 Å². The summed E-state index contributed by atoms with van der Waals surface area (Å²) < 4.78 is 19.7. The highest BCUT2D eigenvalue weighted by Crippen LogP contribution is 2.37. The van der Waals surface area contributed by atoms with Gasteiger partial charge in [0.25, 0.3) is 5.91 Å². The van der Waals surface area contributed by atoms with E-state index in [0.29, 0.717) is 36.0 Å². The lowest BCUT2D eigenvalue weighted by Crippen LogP contribution is -2.37. The zero-order valence-corrected chi connectivity index (χ0v) is 27.1. The first kappa shape index (κ1) is 31.3. The molecule has 2 fully saturated rings. The van der Waals surface area contributed by atoms with Crippen molar-refractivity contribution < 1.29 is 14.3 Å². The number of aromatic nitrogens is 5. The summed E-state index contributed by atoms with van der Waals surface area (Å²) in [7, 11) is 6.02. The highest BCUT2D eigenvalue weighted by atomic mass is 19.1. The molecule has 6 rings (SSSR count). The third-order valence-electron chi connectivity index (χ3n) is 9.71. The first-order valence-corrected chi connectivity index (χ1v) is 16.1. The van der Waals surface area contributed by atoms with Crippen molar-refractivity contribution in [1.82, 2.24) is 34.1 Å². The van der Waals surface area contributed by atoms with Crippen molar-refractivity contribution in [2.24, 2.45) is 7.05 Å². The third-order valence-corrected chi connectivity index (χ3v) is 9.71. The molecule has 2 N–H and O–H groups in total. The monoisotopic (exact) mass is 616 g/mol. The van der Waals surface area contributed by atoms with E-state index in [-0.39, 0.29) is 23.4 Å². The summed E-state index contributed by atoms with van der Waals surface area (Å²) in [6.07, 6.45) is 6.39. The van der Waals surface area contributed by atoms with Crippen LogP contribution in [0.1, 0.15) is 77.8 Å². The zero-order chi connectivity index (χ0) is 31.8. The number of likely N-dealkylation sites (tertiary alicyclic amines) is 1. The maximum Gasteiger partial charge on any atom is 0.261 e. The number of fused-ring (bicyclic) bond motifs is 1. The van der Waals surface area contributed by atoms with E-state index >= 15 is 4.39 Å². The largest absolute Gasteiger partial charge is 0.393 e. The molecule has 1 aliphatic heterocycles. The van der Waals surface area contributed by atoms with E-state index in [1.165, 1.54) is 11.6 Å². The number of hydrogen-bond donors (Lipinski definition) is 2. The number of hydrogen-bond acceptors (Lipinski definition) is 7. The molecule has 2 aliphatic rings. The van der Waals surface area contributed by atoms with Crippen LogP contribution in [0.5, 0.6) is 0 Å². The van der Waals surface area contributed by atoms with Crippen LogP contribution in [-0.2, 0) is 7.05 Å². The van der Waals surface area contributed by atoms with Gasteiger partial charge in [-0.05, 0) is 109 Å². The lowest BCUT2D eigenvalue weighted by Gasteiger charge is -2.33. The van der Waals surface area contributed by atoms with Gasteiger partial charge in [0.1, 0.15) is 5.69 Å². The highest BCUT2D eigenvalue weighted by molar-refractivity contribution is 6.05. The lowest BCUT2D eigenvalue weighted by atomic mass is 9.89. The molecular formula is C34H45FN8O2. The summed E-state index contributed by atoms with van der Waals surface area (Å²) in [5, 5.41) is 17.5. The van der Waals surface area contributed by atoms with Crippen LogP contribution in [0.3, 0.4) is 0 Å². The van der Waals surface area contributed by atoms with Crippen molar-refractivity contribution in [3.05, 3.63) is 58.8 Å². The van der Waals surface area contributed by atoms with Crippen LogP contribution in [0.2, 0.25) is 0 Å². The zero-order valence-electron chi connectivity index (χ0n) is 27.1. The van der Waals surface area contributed by atoms with E-state index in [4.69, 9.17) is 4.98 Å². The van der Waals surface area contributed by atoms with E-state index < -0.39 is 11.7 Å². The number of anilines is 1. The average Bonchev–Trinajstić information content (AvgIpc) is 3.55. The number of aliphatic hydroxyl groups is 1. The summed E-state index contributed by atoms with van der Waals surface area (Å²) in [5.74, 6) is -0.391. The normalized spacial score (nSPS) is 19.9. The Labute approximate surface area is 264 Å². The Kier molecular flexibility index (Phi) is 9.03. The number of amides is 1. The molecular weight excluding hydrogens is 571 g/mol. The number of aliphatic hydroxyl groups excluding tert-OH is 1. The number of rotatable bonds is 8.